The molecule has 0 saturated carbocycles. The molecule has 0 saturated heterocycles. The number of aromatic hydroxyl groups is 1. The number of amides is 1. The monoisotopic (exact) mass is 379 g/mol. The van der Waals surface area contributed by atoms with Gasteiger partial charge < -0.3 is 10.1 Å². The van der Waals surface area contributed by atoms with Crippen LogP contribution in [0.3, 0.4) is 0 Å². The van der Waals surface area contributed by atoms with Crippen LogP contribution in [-0.2, 0) is 6.54 Å². The SMILES string of the molecule is CCn1nc(C(=O)N=Nc2c(O)[nH]c3ccc(F)cc23)c2ccccc2c1=O. The molecule has 140 valence electrons. The van der Waals surface area contributed by atoms with Gasteiger partial charge in [0.1, 0.15) is 5.82 Å². The number of hydrogen-bond acceptors (Lipinski definition) is 5. The van der Waals surface area contributed by atoms with Crippen molar-refractivity contribution in [3.8, 4) is 5.88 Å². The highest BCUT2D eigenvalue weighted by molar-refractivity contribution is 6.05. The van der Waals surface area contributed by atoms with E-state index in [0.29, 0.717) is 16.3 Å². The van der Waals surface area contributed by atoms with E-state index in [2.05, 4.69) is 20.3 Å². The number of nitrogens with one attached hydrogen (secondary N) is 1. The Balaban J connectivity index is 1.82. The summed E-state index contributed by atoms with van der Waals surface area (Å²) in [6.45, 7) is 2.01. The zero-order valence-electron chi connectivity index (χ0n) is 14.7. The van der Waals surface area contributed by atoms with E-state index in [-0.39, 0.29) is 34.8 Å². The third kappa shape index (κ3) is 2.82. The van der Waals surface area contributed by atoms with Crippen molar-refractivity contribution < 1.29 is 14.3 Å². The average molecular weight is 379 g/mol. The minimum atomic E-state index is -0.788. The Hall–Kier alpha value is -3.88. The molecule has 8 nitrogen and oxygen atoms in total. The maximum Gasteiger partial charge on any atom is 0.316 e. The predicted octanol–water partition coefficient (Wildman–Crippen LogP) is 3.67. The molecule has 0 unspecified atom stereocenters. The number of H-pyrrole nitrogens is 1. The zero-order chi connectivity index (χ0) is 19.8. The second-order valence-electron chi connectivity index (χ2n) is 6.03. The molecule has 0 aliphatic carbocycles. The summed E-state index contributed by atoms with van der Waals surface area (Å²) in [6.07, 6.45) is 0. The first kappa shape index (κ1) is 17.5. The summed E-state index contributed by atoms with van der Waals surface area (Å²) in [5, 5.41) is 22.5. The molecule has 2 heterocycles. The normalized spacial score (nSPS) is 11.6. The summed E-state index contributed by atoms with van der Waals surface area (Å²) < 4.78 is 14.7. The number of aromatic amines is 1. The topological polar surface area (TPSA) is 113 Å². The second-order valence-corrected chi connectivity index (χ2v) is 6.03. The fourth-order valence-corrected chi connectivity index (χ4v) is 2.99. The van der Waals surface area contributed by atoms with Gasteiger partial charge in [-0.1, -0.05) is 18.2 Å². The summed E-state index contributed by atoms with van der Waals surface area (Å²) in [5.41, 5.74) is 0.0435. The molecule has 0 bridgehead atoms. The summed E-state index contributed by atoms with van der Waals surface area (Å²) in [4.78, 5) is 27.6. The van der Waals surface area contributed by atoms with E-state index < -0.39 is 11.7 Å². The van der Waals surface area contributed by atoms with Crippen molar-refractivity contribution in [2.45, 2.75) is 13.5 Å². The van der Waals surface area contributed by atoms with E-state index in [1.54, 1.807) is 31.2 Å². The molecule has 4 aromatic rings. The van der Waals surface area contributed by atoms with Crippen molar-refractivity contribution in [2.24, 2.45) is 10.2 Å². The lowest BCUT2D eigenvalue weighted by molar-refractivity contribution is 0.0990. The Bertz CT molecular complexity index is 1320. The van der Waals surface area contributed by atoms with Gasteiger partial charge in [0.2, 0.25) is 5.88 Å². The number of aromatic nitrogens is 3. The molecule has 2 aromatic heterocycles. The Morgan fingerprint density at radius 2 is 1.96 bits per heavy atom. The Morgan fingerprint density at radius 1 is 1.21 bits per heavy atom. The van der Waals surface area contributed by atoms with Crippen LogP contribution >= 0.6 is 0 Å². The van der Waals surface area contributed by atoms with Gasteiger partial charge in [0.05, 0.1) is 10.9 Å². The number of aryl methyl sites for hydroxylation is 1. The highest BCUT2D eigenvalue weighted by Gasteiger charge is 2.17. The Kier molecular flexibility index (Phi) is 4.19. The number of fused-ring (bicyclic) bond motifs is 2. The molecule has 0 radical (unpaired) electrons. The molecule has 0 fully saturated rings. The lowest BCUT2D eigenvalue weighted by atomic mass is 10.1. The van der Waals surface area contributed by atoms with Crippen molar-refractivity contribution in [2.75, 3.05) is 0 Å². The first-order valence-electron chi connectivity index (χ1n) is 8.45. The van der Waals surface area contributed by atoms with E-state index in [1.807, 2.05) is 0 Å². The van der Waals surface area contributed by atoms with Crippen LogP contribution in [0.5, 0.6) is 5.88 Å². The van der Waals surface area contributed by atoms with Gasteiger partial charge in [0.25, 0.3) is 5.56 Å². The van der Waals surface area contributed by atoms with E-state index in [1.165, 1.54) is 22.9 Å². The molecule has 0 spiro atoms. The molecule has 9 heteroatoms. The second kappa shape index (κ2) is 6.69. The number of nitrogens with zero attached hydrogens (tertiary/aromatic N) is 4. The molecule has 4 rings (SSSR count). The van der Waals surface area contributed by atoms with Gasteiger partial charge in [-0.15, -0.1) is 10.2 Å². The van der Waals surface area contributed by atoms with Crippen molar-refractivity contribution in [3.05, 3.63) is 64.3 Å². The van der Waals surface area contributed by atoms with Crippen LogP contribution in [0.4, 0.5) is 10.1 Å². The number of benzene rings is 2. The summed E-state index contributed by atoms with van der Waals surface area (Å²) >= 11 is 0. The number of rotatable bonds is 3. The third-order valence-corrected chi connectivity index (χ3v) is 4.32. The molecule has 2 N–H and O–H groups in total. The molecule has 0 aliphatic rings. The van der Waals surface area contributed by atoms with Crippen molar-refractivity contribution in [3.63, 3.8) is 0 Å². The van der Waals surface area contributed by atoms with Crippen LogP contribution in [0.2, 0.25) is 0 Å². The predicted molar refractivity (Wildman–Crippen MR) is 100 cm³/mol. The number of azo groups is 1. The van der Waals surface area contributed by atoms with Crippen molar-refractivity contribution >= 4 is 33.3 Å². The minimum Gasteiger partial charge on any atom is -0.493 e. The van der Waals surface area contributed by atoms with Crippen LogP contribution < -0.4 is 5.56 Å². The highest BCUT2D eigenvalue weighted by atomic mass is 19.1. The largest absolute Gasteiger partial charge is 0.493 e. The van der Waals surface area contributed by atoms with Gasteiger partial charge in [0.15, 0.2) is 11.4 Å². The maximum absolute atomic E-state index is 13.5. The number of halogens is 1. The van der Waals surface area contributed by atoms with Crippen molar-refractivity contribution in [1.29, 1.82) is 0 Å². The lowest BCUT2D eigenvalue weighted by Crippen LogP contribution is -2.24. The van der Waals surface area contributed by atoms with E-state index in [4.69, 9.17) is 0 Å². The molecule has 28 heavy (non-hydrogen) atoms. The van der Waals surface area contributed by atoms with Gasteiger partial charge in [-0.3, -0.25) is 9.59 Å². The van der Waals surface area contributed by atoms with Crippen molar-refractivity contribution in [1.82, 2.24) is 14.8 Å². The van der Waals surface area contributed by atoms with Crippen LogP contribution in [0.15, 0.2) is 57.5 Å². The van der Waals surface area contributed by atoms with Gasteiger partial charge in [-0.2, -0.15) is 5.10 Å². The summed E-state index contributed by atoms with van der Waals surface area (Å²) in [7, 11) is 0. The fraction of sp³-hybridized carbons (Fsp3) is 0.105. The van der Waals surface area contributed by atoms with Crippen LogP contribution in [0.1, 0.15) is 17.4 Å². The smallest absolute Gasteiger partial charge is 0.316 e. The van der Waals surface area contributed by atoms with Gasteiger partial charge in [-0.25, -0.2) is 9.07 Å². The first-order valence-corrected chi connectivity index (χ1v) is 8.45. The van der Waals surface area contributed by atoms with Gasteiger partial charge in [0, 0.05) is 17.3 Å². The number of hydrogen-bond donors (Lipinski definition) is 2. The first-order chi connectivity index (χ1) is 13.5. The molecular weight excluding hydrogens is 365 g/mol. The molecule has 0 aliphatic heterocycles. The lowest BCUT2D eigenvalue weighted by Gasteiger charge is -2.06. The minimum absolute atomic E-state index is 0.0358. The number of carbonyl (C=O) groups is 1. The Morgan fingerprint density at radius 3 is 2.71 bits per heavy atom. The number of carbonyl (C=O) groups excluding carboxylic acids is 1. The molecule has 0 atom stereocenters. The Labute approximate surface area is 157 Å². The zero-order valence-corrected chi connectivity index (χ0v) is 14.7. The standard InChI is InChI=1S/C19H14FN5O3/c1-2-25-19(28)12-6-4-3-5-11(12)16(24-25)18(27)23-22-15-13-9-10(20)7-8-14(13)21-17(15)26/h3-9,21,26H,2H2,1H3. The van der Waals surface area contributed by atoms with Crippen LogP contribution in [0, 0.1) is 5.82 Å². The summed E-state index contributed by atoms with van der Waals surface area (Å²) in [5.74, 6) is -1.64. The average Bonchev–Trinajstić information content (AvgIpc) is 3.01. The van der Waals surface area contributed by atoms with E-state index in [9.17, 15) is 19.1 Å². The highest BCUT2D eigenvalue weighted by Crippen LogP contribution is 2.35. The maximum atomic E-state index is 13.5. The summed E-state index contributed by atoms with van der Waals surface area (Å²) in [6, 6.07) is 10.4. The molecule has 2 aromatic carbocycles. The van der Waals surface area contributed by atoms with Crippen LogP contribution in [0.25, 0.3) is 21.7 Å². The quantitative estimate of drug-likeness (QED) is 0.529. The van der Waals surface area contributed by atoms with Gasteiger partial charge >= 0.3 is 5.91 Å². The molecular formula is C19H14FN5O3. The van der Waals surface area contributed by atoms with Crippen LogP contribution in [-0.4, -0.2) is 25.8 Å². The van der Waals surface area contributed by atoms with E-state index in [0.717, 1.165) is 0 Å². The van der Waals surface area contributed by atoms with Gasteiger partial charge in [-0.05, 0) is 31.2 Å². The third-order valence-electron chi connectivity index (χ3n) is 4.32. The molecule has 1 amide bonds. The van der Waals surface area contributed by atoms with E-state index >= 15 is 0 Å². The fourth-order valence-electron chi connectivity index (χ4n) is 2.99.